The highest BCUT2D eigenvalue weighted by Crippen LogP contribution is 2.19. The number of aromatic nitrogens is 5. The Labute approximate surface area is 164 Å². The van der Waals surface area contributed by atoms with Crippen LogP contribution in [0.3, 0.4) is 0 Å². The van der Waals surface area contributed by atoms with E-state index in [9.17, 15) is 9.59 Å². The first-order valence-electron chi connectivity index (χ1n) is 8.23. The van der Waals surface area contributed by atoms with Gasteiger partial charge in [-0.1, -0.05) is 5.21 Å². The van der Waals surface area contributed by atoms with Crippen LogP contribution in [0.15, 0.2) is 24.3 Å². The zero-order chi connectivity index (χ0) is 20.1. The minimum Gasteiger partial charge on any atom is -0.497 e. The van der Waals surface area contributed by atoms with E-state index in [1.165, 1.54) is 18.7 Å². The summed E-state index contributed by atoms with van der Waals surface area (Å²) >= 11 is 0.996. The number of nitrogens with zero attached hydrogens (tertiary/aromatic N) is 5. The number of ketones is 1. The number of amides is 1. The first-order valence-corrected chi connectivity index (χ1v) is 9.00. The van der Waals surface area contributed by atoms with E-state index in [2.05, 4.69) is 25.0 Å². The second-order valence-corrected chi connectivity index (χ2v) is 6.53. The summed E-state index contributed by atoms with van der Waals surface area (Å²) in [5.41, 5.74) is 1.30. The van der Waals surface area contributed by atoms with E-state index in [0.717, 1.165) is 11.5 Å². The van der Waals surface area contributed by atoms with Crippen LogP contribution >= 0.6 is 11.5 Å². The second kappa shape index (κ2) is 8.67. The Kier molecular flexibility index (Phi) is 6.06. The Morgan fingerprint density at radius 2 is 1.96 bits per heavy atom. The smallest absolute Gasteiger partial charge is 0.280 e. The van der Waals surface area contributed by atoms with Gasteiger partial charge in [-0.3, -0.25) is 14.9 Å². The molecular weight excluding hydrogens is 384 g/mol. The van der Waals surface area contributed by atoms with Crippen LogP contribution in [0.1, 0.15) is 28.9 Å². The van der Waals surface area contributed by atoms with E-state index in [0.29, 0.717) is 23.0 Å². The molecule has 0 aliphatic heterocycles. The molecule has 0 radical (unpaired) electrons. The molecule has 28 heavy (non-hydrogen) atoms. The van der Waals surface area contributed by atoms with Crippen molar-refractivity contribution >= 4 is 28.4 Å². The van der Waals surface area contributed by atoms with Crippen LogP contribution in [0.25, 0.3) is 5.69 Å². The minimum absolute atomic E-state index is 0.0551. The molecule has 3 aromatic rings. The van der Waals surface area contributed by atoms with Gasteiger partial charge in [0.15, 0.2) is 11.5 Å². The Bertz CT molecular complexity index is 982. The van der Waals surface area contributed by atoms with Gasteiger partial charge in [0.2, 0.25) is 5.13 Å². The Morgan fingerprint density at radius 1 is 1.21 bits per heavy atom. The average Bonchev–Trinajstić information content (AvgIpc) is 3.28. The molecule has 2 aromatic heterocycles. The summed E-state index contributed by atoms with van der Waals surface area (Å²) in [6.45, 7) is 1.58. The first kappa shape index (κ1) is 19.6. The number of carbonyl (C=O) groups is 2. The predicted octanol–water partition coefficient (Wildman–Crippen LogP) is 1.66. The summed E-state index contributed by atoms with van der Waals surface area (Å²) in [6.07, 6.45) is 0.120. The zero-order valence-corrected chi connectivity index (χ0v) is 16.3. The van der Waals surface area contributed by atoms with Crippen LogP contribution in [0.4, 0.5) is 5.13 Å². The largest absolute Gasteiger partial charge is 0.497 e. The van der Waals surface area contributed by atoms with Crippen LogP contribution in [0.2, 0.25) is 0 Å². The maximum atomic E-state index is 12.7. The fourth-order valence-corrected chi connectivity index (χ4v) is 3.01. The van der Waals surface area contributed by atoms with Crippen molar-refractivity contribution in [2.24, 2.45) is 0 Å². The molecule has 0 aliphatic rings. The fourth-order valence-electron chi connectivity index (χ4n) is 2.43. The van der Waals surface area contributed by atoms with Crippen LogP contribution in [-0.2, 0) is 22.6 Å². The molecule has 146 valence electrons. The number of hydrogen-bond donors (Lipinski definition) is 1. The molecule has 0 fully saturated rings. The normalized spacial score (nSPS) is 10.7. The van der Waals surface area contributed by atoms with Crippen molar-refractivity contribution < 1.29 is 19.1 Å². The predicted molar refractivity (Wildman–Crippen MR) is 101 cm³/mol. The number of nitrogens with one attached hydrogen (secondary N) is 1. The van der Waals surface area contributed by atoms with E-state index in [1.807, 2.05) is 0 Å². The number of anilines is 1. The first-order chi connectivity index (χ1) is 13.5. The van der Waals surface area contributed by atoms with Crippen molar-refractivity contribution in [3.05, 3.63) is 41.5 Å². The fraction of sp³-hybridized carbons (Fsp3) is 0.294. The number of carbonyl (C=O) groups excluding carboxylic acids is 2. The van der Waals surface area contributed by atoms with Crippen molar-refractivity contribution in [2.75, 3.05) is 19.5 Å². The van der Waals surface area contributed by atoms with Gasteiger partial charge in [-0.2, -0.15) is 4.37 Å². The van der Waals surface area contributed by atoms with Gasteiger partial charge in [0, 0.05) is 18.6 Å². The van der Waals surface area contributed by atoms with Gasteiger partial charge < -0.3 is 9.47 Å². The molecule has 0 saturated heterocycles. The number of benzene rings is 1. The summed E-state index contributed by atoms with van der Waals surface area (Å²) < 4.78 is 15.9. The van der Waals surface area contributed by atoms with Crippen molar-refractivity contribution in [3.63, 3.8) is 0 Å². The summed E-state index contributed by atoms with van der Waals surface area (Å²) in [6, 6.07) is 7.16. The quantitative estimate of drug-likeness (QED) is 0.604. The number of ether oxygens (including phenoxy) is 2. The summed E-state index contributed by atoms with van der Waals surface area (Å²) in [4.78, 5) is 27.9. The lowest BCUT2D eigenvalue weighted by Crippen LogP contribution is -2.16. The number of Topliss-reactive ketones (excluding diaryl/α,β-unsaturated/α-hetero) is 1. The monoisotopic (exact) mass is 402 g/mol. The number of hydrogen-bond acceptors (Lipinski definition) is 9. The SMILES string of the molecule is COCc1c(C(=O)Nc2nc(CC(C)=O)ns2)nnn1-c1ccc(OC)cc1. The molecule has 3 rings (SSSR count). The maximum Gasteiger partial charge on any atom is 0.280 e. The Hall–Kier alpha value is -3.18. The van der Waals surface area contributed by atoms with Crippen molar-refractivity contribution in [1.29, 1.82) is 0 Å². The van der Waals surface area contributed by atoms with Crippen LogP contribution in [0, 0.1) is 0 Å². The summed E-state index contributed by atoms with van der Waals surface area (Å²) in [5.74, 6) is 0.525. The molecule has 1 aromatic carbocycles. The van der Waals surface area contributed by atoms with Gasteiger partial charge >= 0.3 is 0 Å². The number of rotatable bonds is 8. The molecule has 0 bridgehead atoms. The van der Waals surface area contributed by atoms with Gasteiger partial charge in [-0.15, -0.1) is 5.10 Å². The van der Waals surface area contributed by atoms with E-state index >= 15 is 0 Å². The van der Waals surface area contributed by atoms with E-state index in [4.69, 9.17) is 9.47 Å². The van der Waals surface area contributed by atoms with Crippen molar-refractivity contribution in [2.45, 2.75) is 20.0 Å². The molecule has 0 spiro atoms. The molecule has 1 amide bonds. The van der Waals surface area contributed by atoms with E-state index < -0.39 is 5.91 Å². The van der Waals surface area contributed by atoms with Gasteiger partial charge in [0.1, 0.15) is 17.2 Å². The molecule has 2 heterocycles. The van der Waals surface area contributed by atoms with Gasteiger partial charge in [-0.05, 0) is 31.2 Å². The molecule has 1 N–H and O–H groups in total. The third-order valence-electron chi connectivity index (χ3n) is 3.67. The van der Waals surface area contributed by atoms with E-state index in [1.54, 1.807) is 31.4 Å². The summed E-state index contributed by atoms with van der Waals surface area (Å²) in [5, 5.41) is 11.0. The van der Waals surface area contributed by atoms with Gasteiger partial charge in [-0.25, -0.2) is 9.67 Å². The van der Waals surface area contributed by atoms with E-state index in [-0.39, 0.29) is 29.6 Å². The van der Waals surface area contributed by atoms with Crippen molar-refractivity contribution in [1.82, 2.24) is 24.4 Å². The van der Waals surface area contributed by atoms with Gasteiger partial charge in [0.25, 0.3) is 5.91 Å². The highest BCUT2D eigenvalue weighted by Gasteiger charge is 2.22. The molecule has 10 nitrogen and oxygen atoms in total. The molecule has 0 aliphatic carbocycles. The molecule has 0 saturated carbocycles. The lowest BCUT2D eigenvalue weighted by atomic mass is 10.2. The van der Waals surface area contributed by atoms with Crippen molar-refractivity contribution in [3.8, 4) is 11.4 Å². The molecule has 11 heteroatoms. The Morgan fingerprint density at radius 3 is 2.61 bits per heavy atom. The van der Waals surface area contributed by atoms with Crippen LogP contribution < -0.4 is 10.1 Å². The zero-order valence-electron chi connectivity index (χ0n) is 15.5. The van der Waals surface area contributed by atoms with Crippen LogP contribution in [0.5, 0.6) is 5.75 Å². The highest BCUT2D eigenvalue weighted by molar-refractivity contribution is 7.09. The lowest BCUT2D eigenvalue weighted by Gasteiger charge is -2.08. The third kappa shape index (κ3) is 4.38. The topological polar surface area (TPSA) is 121 Å². The van der Waals surface area contributed by atoms with Gasteiger partial charge in [0.05, 0.1) is 25.8 Å². The van der Waals surface area contributed by atoms with Crippen LogP contribution in [-0.4, -0.2) is 50.3 Å². The standard InChI is InChI=1S/C17H18N6O4S/c1-10(24)8-14-18-17(28-21-14)19-16(25)15-13(9-26-2)23(22-20-15)11-4-6-12(27-3)7-5-11/h4-7H,8-9H2,1-3H3,(H,18,19,21,25). The molecule has 0 atom stereocenters. The third-order valence-corrected chi connectivity index (χ3v) is 4.34. The lowest BCUT2D eigenvalue weighted by molar-refractivity contribution is -0.116. The highest BCUT2D eigenvalue weighted by atomic mass is 32.1. The Balaban J connectivity index is 1.84. The average molecular weight is 402 g/mol. The maximum absolute atomic E-state index is 12.7. The number of methoxy groups -OCH3 is 2. The molecule has 0 unspecified atom stereocenters. The minimum atomic E-state index is -0.489. The second-order valence-electron chi connectivity index (χ2n) is 5.78. The summed E-state index contributed by atoms with van der Waals surface area (Å²) in [7, 11) is 3.10. The molecular formula is C17H18N6O4S.